The molecular weight excluding hydrogens is 328 g/mol. The molecule has 140 valence electrons. The number of amides is 3. The van der Waals surface area contributed by atoms with Gasteiger partial charge in [0.05, 0.1) is 0 Å². The molecule has 0 saturated carbocycles. The minimum atomic E-state index is -1.04. The van der Waals surface area contributed by atoms with Crippen LogP contribution in [0.2, 0.25) is 0 Å². The quantitative estimate of drug-likeness (QED) is 0.564. The molecule has 0 aliphatic heterocycles. The first-order valence-electron chi connectivity index (χ1n) is 8.56. The topological polar surface area (TPSA) is 84.2 Å². The van der Waals surface area contributed by atoms with Crippen LogP contribution in [0, 0.1) is 17.6 Å². The van der Waals surface area contributed by atoms with Crippen molar-refractivity contribution in [2.75, 3.05) is 6.54 Å². The highest BCUT2D eigenvalue weighted by Crippen LogP contribution is 2.10. The zero-order chi connectivity index (χ0) is 18.8. The Morgan fingerprint density at radius 2 is 1.72 bits per heavy atom. The Kier molecular flexibility index (Phi) is 8.88. The third-order valence-electron chi connectivity index (χ3n) is 3.75. The molecule has 1 aromatic rings. The number of carbonyl (C=O) groups excluding carboxylic acids is 2. The van der Waals surface area contributed by atoms with Crippen molar-refractivity contribution in [3.05, 3.63) is 35.4 Å². The summed E-state index contributed by atoms with van der Waals surface area (Å²) in [5.41, 5.74) is 5.51. The van der Waals surface area contributed by atoms with Crippen LogP contribution >= 0.6 is 0 Å². The molecule has 4 N–H and O–H groups in total. The van der Waals surface area contributed by atoms with Crippen molar-refractivity contribution in [3.63, 3.8) is 0 Å². The summed E-state index contributed by atoms with van der Waals surface area (Å²) in [6.45, 7) is 4.82. The molecular formula is C18H27F2N3O2. The molecule has 0 saturated heterocycles. The number of rotatable bonds is 10. The van der Waals surface area contributed by atoms with Gasteiger partial charge in [-0.3, -0.25) is 4.79 Å². The molecule has 1 aromatic carbocycles. The van der Waals surface area contributed by atoms with Gasteiger partial charge in [-0.05, 0) is 30.0 Å². The summed E-state index contributed by atoms with van der Waals surface area (Å²) in [5, 5.41) is 5.10. The van der Waals surface area contributed by atoms with Crippen molar-refractivity contribution < 1.29 is 18.4 Å². The molecule has 0 bridgehead atoms. The molecule has 1 unspecified atom stereocenters. The van der Waals surface area contributed by atoms with Gasteiger partial charge in [0.25, 0.3) is 0 Å². The van der Waals surface area contributed by atoms with Crippen LogP contribution in [-0.4, -0.2) is 24.5 Å². The third-order valence-corrected chi connectivity index (χ3v) is 3.75. The van der Waals surface area contributed by atoms with Gasteiger partial charge in [0.15, 0.2) is 0 Å². The Morgan fingerprint density at radius 1 is 1.08 bits per heavy atom. The zero-order valence-corrected chi connectivity index (χ0v) is 14.8. The smallest absolute Gasteiger partial charge is 0.315 e. The monoisotopic (exact) mass is 355 g/mol. The summed E-state index contributed by atoms with van der Waals surface area (Å²) >= 11 is 0. The lowest BCUT2D eigenvalue weighted by molar-refractivity contribution is -0.119. The largest absolute Gasteiger partial charge is 0.368 e. The predicted octanol–water partition coefficient (Wildman–Crippen LogP) is 2.88. The van der Waals surface area contributed by atoms with Crippen molar-refractivity contribution in [1.29, 1.82) is 0 Å². The molecule has 0 radical (unpaired) electrons. The van der Waals surface area contributed by atoms with E-state index in [-0.39, 0.29) is 12.0 Å². The number of benzene rings is 1. The standard InChI is InChI=1S/C18H27F2N3O2/c1-12(2)6-4-3-5-7-22-18(25)23-16(17(21)24)10-13-8-14(19)11-15(20)9-13/h8-9,11-12,16H,3-7,10H2,1-2H3,(H2,21,24)(H2,22,23,25). The molecule has 0 heterocycles. The number of nitrogens with two attached hydrogens (primary N) is 1. The van der Waals surface area contributed by atoms with Gasteiger partial charge in [0, 0.05) is 19.0 Å². The second-order valence-corrected chi connectivity index (χ2v) is 6.58. The van der Waals surface area contributed by atoms with Gasteiger partial charge in [-0.2, -0.15) is 0 Å². The number of urea groups is 1. The number of carbonyl (C=O) groups is 2. The second-order valence-electron chi connectivity index (χ2n) is 6.58. The average Bonchev–Trinajstić information content (AvgIpc) is 2.48. The van der Waals surface area contributed by atoms with Crippen LogP contribution in [0.3, 0.4) is 0 Å². The minimum absolute atomic E-state index is 0.0776. The van der Waals surface area contributed by atoms with Gasteiger partial charge in [0.2, 0.25) is 5.91 Å². The van der Waals surface area contributed by atoms with Crippen LogP contribution in [0.25, 0.3) is 0 Å². The van der Waals surface area contributed by atoms with E-state index in [1.807, 2.05) is 0 Å². The molecule has 25 heavy (non-hydrogen) atoms. The molecule has 5 nitrogen and oxygen atoms in total. The first kappa shape index (κ1) is 20.9. The Hall–Kier alpha value is -2.18. The van der Waals surface area contributed by atoms with E-state index in [1.165, 1.54) is 0 Å². The van der Waals surface area contributed by atoms with Gasteiger partial charge in [-0.1, -0.05) is 33.1 Å². The number of halogens is 2. The zero-order valence-electron chi connectivity index (χ0n) is 14.8. The fraction of sp³-hybridized carbons (Fsp3) is 0.556. The number of nitrogens with one attached hydrogen (secondary N) is 2. The summed E-state index contributed by atoms with van der Waals surface area (Å²) in [6, 6.07) is 1.38. The van der Waals surface area contributed by atoms with Crippen LogP contribution in [0.5, 0.6) is 0 Å². The second kappa shape index (κ2) is 10.6. The van der Waals surface area contributed by atoms with E-state index >= 15 is 0 Å². The van der Waals surface area contributed by atoms with E-state index in [4.69, 9.17) is 5.73 Å². The fourth-order valence-electron chi connectivity index (χ4n) is 2.45. The van der Waals surface area contributed by atoms with E-state index in [9.17, 15) is 18.4 Å². The third kappa shape index (κ3) is 9.02. The lowest BCUT2D eigenvalue weighted by Crippen LogP contribution is -2.49. The van der Waals surface area contributed by atoms with Gasteiger partial charge < -0.3 is 16.4 Å². The minimum Gasteiger partial charge on any atom is -0.368 e. The van der Waals surface area contributed by atoms with Crippen LogP contribution in [0.4, 0.5) is 13.6 Å². The van der Waals surface area contributed by atoms with Crippen LogP contribution in [-0.2, 0) is 11.2 Å². The van der Waals surface area contributed by atoms with Crippen LogP contribution in [0.1, 0.15) is 45.1 Å². The van der Waals surface area contributed by atoms with E-state index in [1.54, 1.807) is 0 Å². The summed E-state index contributed by atoms with van der Waals surface area (Å²) in [6.07, 6.45) is 4.04. The number of hydrogen-bond acceptors (Lipinski definition) is 2. The van der Waals surface area contributed by atoms with Crippen LogP contribution in [0.15, 0.2) is 18.2 Å². The number of hydrogen-bond donors (Lipinski definition) is 3. The first-order chi connectivity index (χ1) is 11.8. The summed E-state index contributed by atoms with van der Waals surface area (Å²) in [5.74, 6) is -1.59. The average molecular weight is 355 g/mol. The maximum absolute atomic E-state index is 13.2. The summed E-state index contributed by atoms with van der Waals surface area (Å²) < 4.78 is 26.4. The van der Waals surface area contributed by atoms with E-state index in [0.717, 1.165) is 43.9 Å². The lowest BCUT2D eigenvalue weighted by Gasteiger charge is -2.16. The maximum atomic E-state index is 13.2. The van der Waals surface area contributed by atoms with Crippen molar-refractivity contribution in [2.45, 2.75) is 52.0 Å². The number of unbranched alkanes of at least 4 members (excludes halogenated alkanes) is 2. The molecule has 3 amide bonds. The first-order valence-corrected chi connectivity index (χ1v) is 8.56. The van der Waals surface area contributed by atoms with Crippen LogP contribution < -0.4 is 16.4 Å². The molecule has 0 aliphatic carbocycles. The van der Waals surface area contributed by atoms with Crippen molar-refractivity contribution in [3.8, 4) is 0 Å². The Morgan fingerprint density at radius 3 is 2.28 bits per heavy atom. The van der Waals surface area contributed by atoms with Gasteiger partial charge in [-0.25, -0.2) is 13.6 Å². The highest BCUT2D eigenvalue weighted by Gasteiger charge is 2.19. The Bertz CT molecular complexity index is 559. The van der Waals surface area contributed by atoms with Crippen molar-refractivity contribution in [2.24, 2.45) is 11.7 Å². The van der Waals surface area contributed by atoms with Gasteiger partial charge in [0.1, 0.15) is 17.7 Å². The summed E-state index contributed by atoms with van der Waals surface area (Å²) in [7, 11) is 0. The van der Waals surface area contributed by atoms with E-state index in [2.05, 4.69) is 24.5 Å². The van der Waals surface area contributed by atoms with Gasteiger partial charge in [-0.15, -0.1) is 0 Å². The summed E-state index contributed by atoms with van der Waals surface area (Å²) in [4.78, 5) is 23.3. The molecule has 0 aliphatic rings. The molecule has 0 spiro atoms. The SMILES string of the molecule is CC(C)CCCCCNC(=O)NC(Cc1cc(F)cc(F)c1)C(N)=O. The fourth-order valence-corrected chi connectivity index (χ4v) is 2.45. The molecule has 0 aromatic heterocycles. The highest BCUT2D eigenvalue weighted by molar-refractivity contribution is 5.86. The highest BCUT2D eigenvalue weighted by atomic mass is 19.1. The van der Waals surface area contributed by atoms with E-state index in [0.29, 0.717) is 12.5 Å². The van der Waals surface area contributed by atoms with Crippen molar-refractivity contribution in [1.82, 2.24) is 10.6 Å². The molecule has 1 rings (SSSR count). The Labute approximate surface area is 147 Å². The van der Waals surface area contributed by atoms with E-state index < -0.39 is 29.6 Å². The van der Waals surface area contributed by atoms with Gasteiger partial charge >= 0.3 is 6.03 Å². The molecule has 1 atom stereocenters. The predicted molar refractivity (Wildman–Crippen MR) is 92.9 cm³/mol. The molecule has 0 fully saturated rings. The Balaban J connectivity index is 2.41. The normalized spacial score (nSPS) is 12.0. The molecule has 7 heteroatoms. The van der Waals surface area contributed by atoms with Crippen molar-refractivity contribution >= 4 is 11.9 Å². The lowest BCUT2D eigenvalue weighted by atomic mass is 10.1. The maximum Gasteiger partial charge on any atom is 0.315 e. The number of primary amides is 1.